The minimum absolute atomic E-state index is 0.0318. The highest BCUT2D eigenvalue weighted by Crippen LogP contribution is 2.21. The highest BCUT2D eigenvalue weighted by molar-refractivity contribution is 5.89. The molecule has 2 aliphatic rings. The average Bonchev–Trinajstić information content (AvgIpc) is 3.27. The number of benzene rings is 2. The van der Waals surface area contributed by atoms with Gasteiger partial charge in [0.1, 0.15) is 11.6 Å². The second-order valence-corrected chi connectivity index (χ2v) is 10.6. The Balaban J connectivity index is 1.44. The zero-order valence-corrected chi connectivity index (χ0v) is 22.5. The second-order valence-electron chi connectivity index (χ2n) is 10.6. The number of unbranched alkanes of at least 4 members (excludes halogenated alkanes) is 2. The molecule has 7 nitrogen and oxygen atoms in total. The van der Waals surface area contributed by atoms with Crippen LogP contribution in [0.3, 0.4) is 0 Å². The number of nitrogens with zero attached hydrogens (tertiary/aromatic N) is 2. The van der Waals surface area contributed by atoms with E-state index in [2.05, 4.69) is 17.6 Å². The Morgan fingerprint density at radius 2 is 1.79 bits per heavy atom. The van der Waals surface area contributed by atoms with E-state index in [9.17, 15) is 23.2 Å². The monoisotopic (exact) mass is 540 g/mol. The average molecular weight is 541 g/mol. The molecule has 2 aromatic rings. The van der Waals surface area contributed by atoms with Crippen molar-refractivity contribution < 1.29 is 23.2 Å². The van der Waals surface area contributed by atoms with Crippen LogP contribution in [-0.2, 0) is 27.3 Å². The van der Waals surface area contributed by atoms with Gasteiger partial charge in [0.05, 0.1) is 12.0 Å². The van der Waals surface area contributed by atoms with E-state index in [0.29, 0.717) is 38.3 Å². The minimum atomic E-state index is -0.694. The molecule has 39 heavy (non-hydrogen) atoms. The van der Waals surface area contributed by atoms with Gasteiger partial charge in [-0.3, -0.25) is 14.4 Å². The van der Waals surface area contributed by atoms with Crippen molar-refractivity contribution in [2.24, 2.45) is 5.92 Å². The number of piperazine rings is 1. The van der Waals surface area contributed by atoms with Gasteiger partial charge in [-0.15, -0.1) is 0 Å². The lowest BCUT2D eigenvalue weighted by Crippen LogP contribution is -2.57. The molecule has 3 amide bonds. The molecule has 2 fully saturated rings. The van der Waals surface area contributed by atoms with E-state index < -0.39 is 29.6 Å². The number of hydrogen-bond donors (Lipinski definition) is 2. The van der Waals surface area contributed by atoms with Crippen LogP contribution in [-0.4, -0.2) is 65.8 Å². The number of amides is 3. The van der Waals surface area contributed by atoms with E-state index >= 15 is 0 Å². The number of carbonyl (C=O) groups excluding carboxylic acids is 3. The molecular formula is C30H38F2N4O3. The molecule has 0 bridgehead atoms. The van der Waals surface area contributed by atoms with Crippen LogP contribution in [0, 0.1) is 17.6 Å². The molecule has 0 spiro atoms. The number of hydrogen-bond acceptors (Lipinski definition) is 4. The van der Waals surface area contributed by atoms with E-state index in [0.717, 1.165) is 30.9 Å². The lowest BCUT2D eigenvalue weighted by atomic mass is 9.96. The summed E-state index contributed by atoms with van der Waals surface area (Å²) in [5.74, 6) is -2.26. The highest BCUT2D eigenvalue weighted by Gasteiger charge is 2.36. The van der Waals surface area contributed by atoms with Gasteiger partial charge in [-0.1, -0.05) is 50.1 Å². The quantitative estimate of drug-likeness (QED) is 0.405. The topological polar surface area (TPSA) is 81.8 Å². The van der Waals surface area contributed by atoms with Crippen LogP contribution >= 0.6 is 0 Å². The smallest absolute Gasteiger partial charge is 0.240 e. The van der Waals surface area contributed by atoms with Crippen molar-refractivity contribution >= 4 is 17.7 Å². The zero-order chi connectivity index (χ0) is 27.8. The first-order valence-electron chi connectivity index (χ1n) is 13.9. The predicted molar refractivity (Wildman–Crippen MR) is 144 cm³/mol. The molecule has 4 rings (SSSR count). The summed E-state index contributed by atoms with van der Waals surface area (Å²) < 4.78 is 27.9. The lowest BCUT2D eigenvalue weighted by Gasteiger charge is -2.35. The summed E-state index contributed by atoms with van der Waals surface area (Å²) in [4.78, 5) is 42.7. The van der Waals surface area contributed by atoms with E-state index in [1.807, 2.05) is 30.3 Å². The summed E-state index contributed by atoms with van der Waals surface area (Å²) in [6.45, 7) is 4.75. The van der Waals surface area contributed by atoms with Gasteiger partial charge in [-0.2, -0.15) is 0 Å². The third kappa shape index (κ3) is 8.08. The maximum absolute atomic E-state index is 13.9. The number of halogens is 2. The predicted octanol–water partition coefficient (Wildman–Crippen LogP) is 3.42. The fourth-order valence-corrected chi connectivity index (χ4v) is 5.46. The largest absolute Gasteiger partial charge is 0.353 e. The number of carbonyl (C=O) groups is 3. The minimum Gasteiger partial charge on any atom is -0.353 e. The molecule has 9 heteroatoms. The number of likely N-dealkylation sites (tertiary alicyclic amines) is 1. The Hall–Kier alpha value is -3.33. The van der Waals surface area contributed by atoms with Crippen LogP contribution in [0.15, 0.2) is 48.5 Å². The molecule has 2 N–H and O–H groups in total. The molecule has 2 aliphatic heterocycles. The third-order valence-corrected chi connectivity index (χ3v) is 7.49. The van der Waals surface area contributed by atoms with E-state index in [4.69, 9.17) is 0 Å². The van der Waals surface area contributed by atoms with Gasteiger partial charge in [-0.25, -0.2) is 8.78 Å². The maximum atomic E-state index is 13.9. The fraction of sp³-hybridized carbons (Fsp3) is 0.500. The normalized spacial score (nSPS) is 20.4. The Labute approximate surface area is 228 Å². The first-order valence-corrected chi connectivity index (χ1v) is 13.9. The van der Waals surface area contributed by atoms with Crippen LogP contribution in [0.5, 0.6) is 0 Å². The van der Waals surface area contributed by atoms with Gasteiger partial charge >= 0.3 is 0 Å². The Morgan fingerprint density at radius 3 is 2.51 bits per heavy atom. The molecule has 0 aromatic heterocycles. The second kappa shape index (κ2) is 13.6. The first-order chi connectivity index (χ1) is 18.8. The molecule has 0 radical (unpaired) electrons. The van der Waals surface area contributed by atoms with E-state index in [1.54, 1.807) is 9.80 Å². The fourth-order valence-electron chi connectivity index (χ4n) is 5.46. The van der Waals surface area contributed by atoms with E-state index in [-0.39, 0.29) is 37.0 Å². The van der Waals surface area contributed by atoms with Crippen LogP contribution in [0.2, 0.25) is 0 Å². The summed E-state index contributed by atoms with van der Waals surface area (Å²) >= 11 is 0. The zero-order valence-electron chi connectivity index (χ0n) is 22.5. The molecule has 2 saturated heterocycles. The Morgan fingerprint density at radius 1 is 1.05 bits per heavy atom. The van der Waals surface area contributed by atoms with Gasteiger partial charge < -0.3 is 20.4 Å². The van der Waals surface area contributed by atoms with Crippen molar-refractivity contribution in [2.45, 2.75) is 64.1 Å². The van der Waals surface area contributed by atoms with E-state index in [1.165, 1.54) is 12.1 Å². The molecular weight excluding hydrogens is 502 g/mol. The van der Waals surface area contributed by atoms with Crippen molar-refractivity contribution in [2.75, 3.05) is 26.2 Å². The standard InChI is InChI=1S/C30H38F2N4O3/c1-2-3-7-11-35-20-23(16-28(35)37)29(38)34-26(15-22-13-24(31)17-25(32)14-22)18-27-30(39)36(12-10-33-27)19-21-8-5-4-6-9-21/h4-6,8-9,13-14,17,23,26-27,33H,2-3,7,10-12,15-16,18-20H2,1H3,(H,34,38)/t23?,26?,27-/m0/s1. The SMILES string of the molecule is CCCCCN1CC(C(=O)NC(Cc2cc(F)cc(F)c2)C[C@@H]2NCCN(Cc3ccccc3)C2=O)CC1=O. The molecule has 2 aromatic carbocycles. The third-order valence-electron chi connectivity index (χ3n) is 7.49. The van der Waals surface area contributed by atoms with Gasteiger partial charge in [0.15, 0.2) is 0 Å². The number of rotatable bonds is 12. The van der Waals surface area contributed by atoms with Crippen molar-refractivity contribution in [1.29, 1.82) is 0 Å². The van der Waals surface area contributed by atoms with Gasteiger partial charge in [0.25, 0.3) is 0 Å². The molecule has 2 heterocycles. The van der Waals surface area contributed by atoms with Gasteiger partial charge in [0, 0.05) is 51.3 Å². The van der Waals surface area contributed by atoms with Crippen LogP contribution in [0.1, 0.15) is 50.2 Å². The summed E-state index contributed by atoms with van der Waals surface area (Å²) in [5.41, 5.74) is 1.42. The number of nitrogens with one attached hydrogen (secondary N) is 2. The summed E-state index contributed by atoms with van der Waals surface area (Å²) in [6, 6.07) is 11.9. The van der Waals surface area contributed by atoms with Crippen LogP contribution in [0.4, 0.5) is 8.78 Å². The van der Waals surface area contributed by atoms with Crippen molar-refractivity contribution in [3.63, 3.8) is 0 Å². The van der Waals surface area contributed by atoms with Crippen LogP contribution in [0.25, 0.3) is 0 Å². The van der Waals surface area contributed by atoms with Crippen molar-refractivity contribution in [1.82, 2.24) is 20.4 Å². The van der Waals surface area contributed by atoms with Gasteiger partial charge in [-0.05, 0) is 42.5 Å². The molecule has 0 aliphatic carbocycles. The Bertz CT molecular complexity index is 1130. The maximum Gasteiger partial charge on any atom is 0.240 e. The molecule has 210 valence electrons. The summed E-state index contributed by atoms with van der Waals surface area (Å²) in [7, 11) is 0. The molecule has 3 atom stereocenters. The van der Waals surface area contributed by atoms with Gasteiger partial charge in [0.2, 0.25) is 17.7 Å². The van der Waals surface area contributed by atoms with Crippen molar-refractivity contribution in [3.05, 3.63) is 71.3 Å². The molecule has 2 unspecified atom stereocenters. The Kier molecular flexibility index (Phi) is 10.0. The van der Waals surface area contributed by atoms with Crippen molar-refractivity contribution in [3.8, 4) is 0 Å². The lowest BCUT2D eigenvalue weighted by molar-refractivity contribution is -0.137. The van der Waals surface area contributed by atoms with Crippen LogP contribution < -0.4 is 10.6 Å². The summed E-state index contributed by atoms with van der Waals surface area (Å²) in [5, 5.41) is 6.27. The summed E-state index contributed by atoms with van der Waals surface area (Å²) in [6.07, 6.45) is 3.53. The molecule has 0 saturated carbocycles. The first kappa shape index (κ1) is 28.7. The highest BCUT2D eigenvalue weighted by atomic mass is 19.1.